The number of carbonyl (C=O) groups is 1. The van der Waals surface area contributed by atoms with E-state index < -0.39 is 0 Å². The molecule has 3 rings (SSSR count). The lowest BCUT2D eigenvalue weighted by atomic mass is 9.99. The van der Waals surface area contributed by atoms with Crippen LogP contribution in [0.3, 0.4) is 0 Å². The van der Waals surface area contributed by atoms with E-state index in [1.165, 1.54) is 11.3 Å². The number of amides is 2. The third kappa shape index (κ3) is 3.26. The van der Waals surface area contributed by atoms with E-state index in [2.05, 4.69) is 15.7 Å². The summed E-state index contributed by atoms with van der Waals surface area (Å²) in [5.41, 5.74) is 1.67. The molecule has 2 amide bonds. The minimum atomic E-state index is -0.254. The molecule has 0 aliphatic carbocycles. The van der Waals surface area contributed by atoms with Crippen LogP contribution in [0.4, 0.5) is 10.5 Å². The molecule has 0 unspecified atom stereocenters. The summed E-state index contributed by atoms with van der Waals surface area (Å²) in [6.45, 7) is 1.24. The highest BCUT2D eigenvalue weighted by atomic mass is 35.5. The van der Waals surface area contributed by atoms with E-state index >= 15 is 0 Å². The van der Waals surface area contributed by atoms with Gasteiger partial charge in [-0.15, -0.1) is 11.3 Å². The maximum atomic E-state index is 11.9. The highest BCUT2D eigenvalue weighted by Gasteiger charge is 2.31. The summed E-state index contributed by atoms with van der Waals surface area (Å²) < 4.78 is 8.19. The number of aromatic nitrogens is 2. The fraction of sp³-hybridized carbons (Fsp3) is 0.429. The van der Waals surface area contributed by atoms with Gasteiger partial charge in [-0.05, 0) is 23.9 Å². The highest BCUT2D eigenvalue weighted by molar-refractivity contribution is 7.15. The molecular formula is C14H17ClN4O2S. The Morgan fingerprint density at radius 3 is 3.14 bits per heavy atom. The lowest BCUT2D eigenvalue weighted by Crippen LogP contribution is -2.34. The first kappa shape index (κ1) is 15.3. The van der Waals surface area contributed by atoms with Crippen molar-refractivity contribution in [2.24, 2.45) is 13.0 Å². The molecule has 0 aromatic carbocycles. The molecule has 0 radical (unpaired) electrons. The molecular weight excluding hydrogens is 324 g/mol. The predicted octanol–water partition coefficient (Wildman–Crippen LogP) is 3.03. The third-order valence-corrected chi connectivity index (χ3v) is 4.93. The van der Waals surface area contributed by atoms with Gasteiger partial charge >= 0.3 is 6.03 Å². The summed E-state index contributed by atoms with van der Waals surface area (Å²) in [5.74, 6) is 0.235. The highest BCUT2D eigenvalue weighted by Crippen LogP contribution is 2.33. The van der Waals surface area contributed by atoms with Crippen LogP contribution >= 0.6 is 22.9 Å². The van der Waals surface area contributed by atoms with E-state index in [4.69, 9.17) is 16.3 Å². The molecule has 3 heterocycles. The van der Waals surface area contributed by atoms with Gasteiger partial charge in [0.25, 0.3) is 0 Å². The molecule has 0 bridgehead atoms. The van der Waals surface area contributed by atoms with Crippen molar-refractivity contribution in [3.05, 3.63) is 33.7 Å². The Hall–Kier alpha value is -1.57. The number of ether oxygens (including phenoxy) is 1. The number of hydrogen-bond acceptors (Lipinski definition) is 4. The number of rotatable bonds is 4. The molecule has 118 valence electrons. The van der Waals surface area contributed by atoms with Crippen LogP contribution in [0.1, 0.15) is 18.2 Å². The van der Waals surface area contributed by atoms with Gasteiger partial charge in [0, 0.05) is 32.3 Å². The maximum absolute atomic E-state index is 11.9. The second-order valence-electron chi connectivity index (χ2n) is 5.16. The zero-order valence-electron chi connectivity index (χ0n) is 12.1. The molecule has 1 aliphatic rings. The average molecular weight is 341 g/mol. The summed E-state index contributed by atoms with van der Waals surface area (Å²) in [4.78, 5) is 11.9. The van der Waals surface area contributed by atoms with Crippen LogP contribution in [0.2, 0.25) is 4.34 Å². The molecule has 0 saturated carbocycles. The van der Waals surface area contributed by atoms with E-state index in [9.17, 15) is 4.79 Å². The Balaban J connectivity index is 1.55. The molecule has 2 atom stereocenters. The number of carbonyl (C=O) groups excluding carboxylic acids is 1. The standard InChI is InChI=1S/C14H17ClN4O2S/c1-19-11(2-5-17-19)12-9(3-6-21-12)8-16-14(20)18-10-4-7-22-13(10)15/h2,4-5,7,9,12H,3,6,8H2,1H3,(H2,16,18,20)/t9-,12+/m0/s1. The van der Waals surface area contributed by atoms with E-state index in [-0.39, 0.29) is 18.1 Å². The molecule has 1 aliphatic heterocycles. The van der Waals surface area contributed by atoms with Crippen LogP contribution in [-0.2, 0) is 11.8 Å². The molecule has 6 nitrogen and oxygen atoms in total. The Bertz CT molecular complexity index is 657. The third-order valence-electron chi connectivity index (χ3n) is 3.76. The van der Waals surface area contributed by atoms with Gasteiger partial charge in [-0.25, -0.2) is 4.79 Å². The fourth-order valence-electron chi connectivity index (χ4n) is 2.60. The topological polar surface area (TPSA) is 68.2 Å². The fourth-order valence-corrected chi connectivity index (χ4v) is 3.44. The molecule has 8 heteroatoms. The first-order chi connectivity index (χ1) is 10.6. The quantitative estimate of drug-likeness (QED) is 0.898. The van der Waals surface area contributed by atoms with E-state index in [1.807, 2.05) is 23.2 Å². The van der Waals surface area contributed by atoms with Gasteiger partial charge in [-0.3, -0.25) is 4.68 Å². The molecule has 2 N–H and O–H groups in total. The monoisotopic (exact) mass is 340 g/mol. The van der Waals surface area contributed by atoms with Gasteiger partial charge < -0.3 is 15.4 Å². The zero-order valence-corrected chi connectivity index (χ0v) is 13.7. The number of nitrogens with one attached hydrogen (secondary N) is 2. The van der Waals surface area contributed by atoms with Gasteiger partial charge in [0.05, 0.1) is 11.4 Å². The lowest BCUT2D eigenvalue weighted by Gasteiger charge is -2.19. The van der Waals surface area contributed by atoms with Crippen molar-refractivity contribution in [1.29, 1.82) is 0 Å². The summed E-state index contributed by atoms with van der Waals surface area (Å²) in [7, 11) is 1.90. The number of anilines is 1. The van der Waals surface area contributed by atoms with Crippen LogP contribution in [0.5, 0.6) is 0 Å². The number of thiophene rings is 1. The van der Waals surface area contributed by atoms with Gasteiger partial charge in [-0.1, -0.05) is 11.6 Å². The maximum Gasteiger partial charge on any atom is 0.319 e. The van der Waals surface area contributed by atoms with Crippen LogP contribution in [0.15, 0.2) is 23.7 Å². The van der Waals surface area contributed by atoms with E-state index in [1.54, 1.807) is 12.3 Å². The van der Waals surface area contributed by atoms with Crippen molar-refractivity contribution in [1.82, 2.24) is 15.1 Å². The largest absolute Gasteiger partial charge is 0.372 e. The van der Waals surface area contributed by atoms with Crippen molar-refractivity contribution in [2.45, 2.75) is 12.5 Å². The van der Waals surface area contributed by atoms with Gasteiger partial charge in [0.2, 0.25) is 0 Å². The molecule has 22 heavy (non-hydrogen) atoms. The smallest absolute Gasteiger partial charge is 0.319 e. The first-order valence-electron chi connectivity index (χ1n) is 7.02. The van der Waals surface area contributed by atoms with E-state index in [0.717, 1.165) is 12.1 Å². The number of urea groups is 1. The van der Waals surface area contributed by atoms with Crippen molar-refractivity contribution in [2.75, 3.05) is 18.5 Å². The van der Waals surface area contributed by atoms with Gasteiger partial charge in [0.15, 0.2) is 0 Å². The van der Waals surface area contributed by atoms with Gasteiger partial charge in [0.1, 0.15) is 10.4 Å². The minimum absolute atomic E-state index is 0.0301. The lowest BCUT2D eigenvalue weighted by molar-refractivity contribution is 0.0845. The average Bonchev–Trinajstić information content (AvgIpc) is 3.19. The second-order valence-corrected chi connectivity index (χ2v) is 6.68. The van der Waals surface area contributed by atoms with Crippen LogP contribution < -0.4 is 10.6 Å². The summed E-state index contributed by atoms with van der Waals surface area (Å²) >= 11 is 7.35. The Morgan fingerprint density at radius 1 is 1.59 bits per heavy atom. The van der Waals surface area contributed by atoms with Crippen LogP contribution in [0.25, 0.3) is 0 Å². The summed E-state index contributed by atoms with van der Waals surface area (Å²) in [6, 6.07) is 3.48. The number of aryl methyl sites for hydroxylation is 1. The van der Waals surface area contributed by atoms with Crippen molar-refractivity contribution in [3.63, 3.8) is 0 Å². The summed E-state index contributed by atoms with van der Waals surface area (Å²) in [6.07, 6.45) is 2.64. The van der Waals surface area contributed by atoms with Gasteiger partial charge in [-0.2, -0.15) is 5.10 Å². The molecule has 1 fully saturated rings. The van der Waals surface area contributed by atoms with Crippen molar-refractivity contribution in [3.8, 4) is 0 Å². The number of halogens is 1. The van der Waals surface area contributed by atoms with Crippen molar-refractivity contribution >= 4 is 34.7 Å². The molecule has 2 aromatic rings. The predicted molar refractivity (Wildman–Crippen MR) is 86.4 cm³/mol. The summed E-state index contributed by atoms with van der Waals surface area (Å²) in [5, 5.41) is 11.6. The zero-order chi connectivity index (χ0) is 15.5. The van der Waals surface area contributed by atoms with Crippen molar-refractivity contribution < 1.29 is 9.53 Å². The minimum Gasteiger partial charge on any atom is -0.372 e. The molecule has 1 saturated heterocycles. The number of hydrogen-bond donors (Lipinski definition) is 2. The Morgan fingerprint density at radius 2 is 2.45 bits per heavy atom. The normalized spacial score (nSPS) is 21.0. The number of nitrogens with zero attached hydrogens (tertiary/aromatic N) is 2. The molecule has 2 aromatic heterocycles. The van der Waals surface area contributed by atoms with Crippen LogP contribution in [-0.4, -0.2) is 29.0 Å². The van der Waals surface area contributed by atoms with Crippen LogP contribution in [0, 0.1) is 5.92 Å². The molecule has 0 spiro atoms. The first-order valence-corrected chi connectivity index (χ1v) is 8.28. The Kier molecular flexibility index (Phi) is 4.66. The SMILES string of the molecule is Cn1nccc1[C@@H]1OCC[C@H]1CNC(=O)Nc1ccsc1Cl. The second kappa shape index (κ2) is 6.68. The Labute approximate surface area is 137 Å². The van der Waals surface area contributed by atoms with E-state index in [0.29, 0.717) is 23.2 Å².